The molecule has 9 rings (SSSR count). The lowest BCUT2D eigenvalue weighted by Gasteiger charge is -2.40. The summed E-state index contributed by atoms with van der Waals surface area (Å²) in [5, 5.41) is 8.58. The van der Waals surface area contributed by atoms with Crippen LogP contribution in [0, 0.1) is 5.41 Å². The number of rotatable bonds is 4. The molecule has 2 unspecified atom stereocenters. The van der Waals surface area contributed by atoms with E-state index in [1.807, 2.05) is 0 Å². The van der Waals surface area contributed by atoms with Crippen molar-refractivity contribution in [3.63, 3.8) is 0 Å². The quantitative estimate of drug-likeness (QED) is 0.225. The highest BCUT2D eigenvalue weighted by molar-refractivity contribution is 6.09. The highest BCUT2D eigenvalue weighted by Crippen LogP contribution is 2.52. The Bertz CT molecular complexity index is 2340. The molecule has 2 atom stereocenters. The predicted octanol–water partition coefficient (Wildman–Crippen LogP) is 9.19. The maximum atomic E-state index is 6.62. The van der Waals surface area contributed by atoms with Gasteiger partial charge in [0.1, 0.15) is 17.3 Å². The lowest BCUT2D eigenvalue weighted by Crippen LogP contribution is -2.42. The van der Waals surface area contributed by atoms with Crippen molar-refractivity contribution in [1.82, 2.24) is 0 Å². The van der Waals surface area contributed by atoms with Gasteiger partial charge in [0.25, 0.3) is 0 Å². The number of allylic oxidation sites excluding steroid dienone is 4. The lowest BCUT2D eigenvalue weighted by molar-refractivity contribution is 0.546. The predicted molar refractivity (Wildman–Crippen MR) is 187 cm³/mol. The van der Waals surface area contributed by atoms with Crippen LogP contribution in [0.1, 0.15) is 37.8 Å². The number of fused-ring (bicyclic) bond motifs is 6. The summed E-state index contributed by atoms with van der Waals surface area (Å²) < 4.78 is 6.62. The average molecular weight is 583 g/mol. The van der Waals surface area contributed by atoms with Gasteiger partial charge in [0.05, 0.1) is 11.4 Å². The first-order chi connectivity index (χ1) is 22.2. The molecular formula is C42H34N2O. The Morgan fingerprint density at radius 3 is 2.42 bits per heavy atom. The molecule has 1 aromatic heterocycles. The number of hydrogen-bond acceptors (Lipinski definition) is 3. The normalized spacial score (nSPS) is 20.2. The van der Waals surface area contributed by atoms with Crippen LogP contribution in [-0.2, 0) is 0 Å². The molecule has 3 aliphatic rings. The second kappa shape index (κ2) is 9.87. The molecule has 6 aromatic rings. The summed E-state index contributed by atoms with van der Waals surface area (Å²) in [6, 6.07) is 41.8. The Labute approximate surface area is 263 Å². The maximum Gasteiger partial charge on any atom is 0.142 e. The largest absolute Gasteiger partial charge is 0.455 e. The Morgan fingerprint density at radius 2 is 1.56 bits per heavy atom. The molecule has 0 amide bonds. The fourth-order valence-corrected chi connectivity index (χ4v) is 8.03. The van der Waals surface area contributed by atoms with Crippen molar-refractivity contribution in [2.75, 3.05) is 10.2 Å². The van der Waals surface area contributed by atoms with Crippen LogP contribution in [-0.4, -0.2) is 6.17 Å². The van der Waals surface area contributed by atoms with Gasteiger partial charge >= 0.3 is 0 Å². The van der Waals surface area contributed by atoms with E-state index in [4.69, 9.17) is 4.42 Å². The number of hydrogen-bond donors (Lipinski definition) is 1. The number of benzene rings is 5. The minimum absolute atomic E-state index is 0.227. The fourth-order valence-electron chi connectivity index (χ4n) is 8.03. The van der Waals surface area contributed by atoms with Crippen molar-refractivity contribution in [2.45, 2.75) is 32.9 Å². The van der Waals surface area contributed by atoms with E-state index in [0.717, 1.165) is 29.4 Å². The zero-order valence-corrected chi connectivity index (χ0v) is 25.5. The van der Waals surface area contributed by atoms with Crippen molar-refractivity contribution in [3.05, 3.63) is 161 Å². The maximum absolute atomic E-state index is 6.62. The topological polar surface area (TPSA) is 28.4 Å². The highest BCUT2D eigenvalue weighted by atomic mass is 16.3. The van der Waals surface area contributed by atoms with E-state index in [0.29, 0.717) is 0 Å². The molecule has 0 bridgehead atoms. The van der Waals surface area contributed by atoms with Gasteiger partial charge < -0.3 is 14.6 Å². The summed E-state index contributed by atoms with van der Waals surface area (Å²) in [6.45, 7) is 4.66. The van der Waals surface area contributed by atoms with Gasteiger partial charge in [-0.1, -0.05) is 117 Å². The van der Waals surface area contributed by atoms with Crippen molar-refractivity contribution >= 4 is 50.1 Å². The molecule has 3 heteroatoms. The molecule has 5 aromatic carbocycles. The first kappa shape index (κ1) is 26.2. The van der Waals surface area contributed by atoms with E-state index in [1.54, 1.807) is 0 Å². The summed E-state index contributed by atoms with van der Waals surface area (Å²) in [5.74, 6) is 0. The van der Waals surface area contributed by atoms with E-state index in [1.165, 1.54) is 60.7 Å². The molecule has 0 radical (unpaired) electrons. The second-order valence-electron chi connectivity index (χ2n) is 12.6. The van der Waals surface area contributed by atoms with Crippen molar-refractivity contribution < 1.29 is 4.42 Å². The van der Waals surface area contributed by atoms with Gasteiger partial charge in [0.15, 0.2) is 0 Å². The number of furan rings is 1. The Balaban J connectivity index is 1.29. The van der Waals surface area contributed by atoms with Gasteiger partial charge in [-0.15, -0.1) is 0 Å². The lowest BCUT2D eigenvalue weighted by atomic mass is 9.62. The molecule has 218 valence electrons. The molecule has 0 saturated carbocycles. The van der Waals surface area contributed by atoms with Crippen LogP contribution in [0.25, 0.3) is 33.1 Å². The summed E-state index contributed by atoms with van der Waals surface area (Å²) in [6.07, 6.45) is 9.07. The SMILES string of the molecule is CCC1Nc2ccccc2N1c1ccc(C2=c3ccccc3=C(c3cccc4c3oc3ccccc34)C3(C)CC=CC=C23)cc1. The molecule has 2 aliphatic carbocycles. The van der Waals surface area contributed by atoms with E-state index in [2.05, 4.69) is 158 Å². The minimum atomic E-state index is -0.227. The Hall–Kier alpha value is -5.28. The highest BCUT2D eigenvalue weighted by Gasteiger charge is 2.40. The van der Waals surface area contributed by atoms with E-state index < -0.39 is 0 Å². The molecule has 0 saturated heterocycles. The zero-order valence-electron chi connectivity index (χ0n) is 25.5. The van der Waals surface area contributed by atoms with Gasteiger partial charge in [-0.25, -0.2) is 0 Å². The monoisotopic (exact) mass is 582 g/mol. The number of nitrogens with one attached hydrogen (secondary N) is 1. The van der Waals surface area contributed by atoms with E-state index >= 15 is 0 Å². The first-order valence-electron chi connectivity index (χ1n) is 16.0. The van der Waals surface area contributed by atoms with Crippen LogP contribution in [0.2, 0.25) is 0 Å². The third kappa shape index (κ3) is 3.77. The first-order valence-corrected chi connectivity index (χ1v) is 16.0. The molecular weight excluding hydrogens is 548 g/mol. The molecule has 1 aliphatic heterocycles. The zero-order chi connectivity index (χ0) is 30.1. The van der Waals surface area contributed by atoms with E-state index in [-0.39, 0.29) is 11.6 Å². The molecule has 0 fully saturated rings. The minimum Gasteiger partial charge on any atom is -0.455 e. The molecule has 1 N–H and O–H groups in total. The van der Waals surface area contributed by atoms with Gasteiger partial charge in [0, 0.05) is 27.4 Å². The second-order valence-corrected chi connectivity index (χ2v) is 12.6. The summed E-state index contributed by atoms with van der Waals surface area (Å²) >= 11 is 0. The van der Waals surface area contributed by atoms with Crippen molar-refractivity contribution in [1.29, 1.82) is 0 Å². The van der Waals surface area contributed by atoms with Gasteiger partial charge in [-0.05, 0) is 75.9 Å². The van der Waals surface area contributed by atoms with Crippen LogP contribution in [0.3, 0.4) is 0 Å². The fraction of sp³-hybridized carbons (Fsp3) is 0.143. The Morgan fingerprint density at radius 1 is 0.800 bits per heavy atom. The standard InChI is InChI=1S/C42H34N2O/c1-3-38-43-35-19-7-8-20-36(35)44(38)28-24-22-27(23-25-28)39-30-14-4-5-15-31(30)40(42(2)26-11-10-18-34(39)42)33-17-12-16-32-29-13-6-9-21-37(29)45-41(32)33/h4-25,38,43H,3,26H2,1-2H3. The molecule has 45 heavy (non-hydrogen) atoms. The number of anilines is 3. The molecule has 2 heterocycles. The molecule has 0 spiro atoms. The third-order valence-corrected chi connectivity index (χ3v) is 10.1. The van der Waals surface area contributed by atoms with Gasteiger partial charge in [-0.3, -0.25) is 0 Å². The van der Waals surface area contributed by atoms with Crippen LogP contribution in [0.4, 0.5) is 17.1 Å². The van der Waals surface area contributed by atoms with Crippen LogP contribution < -0.4 is 20.7 Å². The third-order valence-electron chi connectivity index (χ3n) is 10.1. The summed E-state index contributed by atoms with van der Waals surface area (Å²) in [7, 11) is 0. The van der Waals surface area contributed by atoms with Crippen LogP contribution >= 0.6 is 0 Å². The average Bonchev–Trinajstić information content (AvgIpc) is 3.66. The van der Waals surface area contributed by atoms with Crippen LogP contribution in [0.5, 0.6) is 0 Å². The van der Waals surface area contributed by atoms with Crippen molar-refractivity contribution in [2.24, 2.45) is 5.41 Å². The molecule has 3 nitrogen and oxygen atoms in total. The Kier molecular flexibility index (Phi) is 5.73. The van der Waals surface area contributed by atoms with Gasteiger partial charge in [-0.2, -0.15) is 0 Å². The van der Waals surface area contributed by atoms with E-state index in [9.17, 15) is 0 Å². The summed E-state index contributed by atoms with van der Waals surface area (Å²) in [4.78, 5) is 2.44. The van der Waals surface area contributed by atoms with Gasteiger partial charge in [0.2, 0.25) is 0 Å². The number of nitrogens with zero attached hydrogens (tertiary/aromatic N) is 1. The number of para-hydroxylation sites is 4. The van der Waals surface area contributed by atoms with Crippen molar-refractivity contribution in [3.8, 4) is 0 Å². The van der Waals surface area contributed by atoms with Crippen LogP contribution in [0.15, 0.2) is 143 Å². The summed E-state index contributed by atoms with van der Waals surface area (Å²) in [5.41, 5.74) is 11.8. The smallest absolute Gasteiger partial charge is 0.142 e.